The topological polar surface area (TPSA) is 47.5 Å². The van der Waals surface area contributed by atoms with Crippen LogP contribution in [0.15, 0.2) is 6.07 Å². The van der Waals surface area contributed by atoms with E-state index in [1.54, 1.807) is 14.2 Å². The molecule has 2 fully saturated rings. The number of rotatable bonds is 4. The van der Waals surface area contributed by atoms with Crippen molar-refractivity contribution >= 4 is 17.4 Å². The molecular formula is C13H18ClN3O2. The Balaban J connectivity index is 1.82. The van der Waals surface area contributed by atoms with E-state index in [4.69, 9.17) is 21.1 Å². The molecule has 104 valence electrons. The summed E-state index contributed by atoms with van der Waals surface area (Å²) in [7, 11) is 3.42. The smallest absolute Gasteiger partial charge is 0.135 e. The van der Waals surface area contributed by atoms with Crippen LogP contribution in [0.2, 0.25) is 5.15 Å². The summed E-state index contributed by atoms with van der Waals surface area (Å²) in [6.45, 7) is 1.54. The van der Waals surface area contributed by atoms with Crippen LogP contribution in [0.3, 0.4) is 0 Å². The largest absolute Gasteiger partial charge is 0.377 e. The highest BCUT2D eigenvalue weighted by Crippen LogP contribution is 2.39. The van der Waals surface area contributed by atoms with Gasteiger partial charge >= 0.3 is 0 Å². The number of halogens is 1. The normalized spacial score (nSPS) is 27.0. The molecule has 1 saturated carbocycles. The minimum absolute atomic E-state index is 0.0723. The third kappa shape index (κ3) is 2.68. The van der Waals surface area contributed by atoms with E-state index < -0.39 is 0 Å². The molecule has 0 bridgehead atoms. The van der Waals surface area contributed by atoms with Crippen LogP contribution in [-0.2, 0) is 9.47 Å². The third-order valence-corrected chi connectivity index (χ3v) is 3.98. The summed E-state index contributed by atoms with van der Waals surface area (Å²) in [4.78, 5) is 11.1. The van der Waals surface area contributed by atoms with E-state index in [2.05, 4.69) is 14.9 Å². The molecular weight excluding hydrogens is 266 g/mol. The average Bonchev–Trinajstić information content (AvgIpc) is 3.17. The molecule has 1 aromatic rings. The van der Waals surface area contributed by atoms with Crippen LogP contribution in [0.1, 0.15) is 24.6 Å². The molecule has 1 aliphatic carbocycles. The van der Waals surface area contributed by atoms with E-state index in [1.807, 2.05) is 6.07 Å². The van der Waals surface area contributed by atoms with E-state index in [1.165, 1.54) is 12.8 Å². The van der Waals surface area contributed by atoms with Gasteiger partial charge in [0.1, 0.15) is 29.0 Å². The summed E-state index contributed by atoms with van der Waals surface area (Å²) in [5.41, 5.74) is 0. The molecule has 2 heterocycles. The fourth-order valence-electron chi connectivity index (χ4n) is 2.49. The first-order valence-corrected chi connectivity index (χ1v) is 6.94. The number of ether oxygens (including phenoxy) is 2. The SMILES string of the molecule is COC1CN(c2cc(Cl)nc(C3CC3)n2)CC1OC. The molecule has 1 aliphatic heterocycles. The highest BCUT2D eigenvalue weighted by atomic mass is 35.5. The predicted octanol–water partition coefficient (Wildman–Crippen LogP) is 1.86. The molecule has 5 nitrogen and oxygen atoms in total. The summed E-state index contributed by atoms with van der Waals surface area (Å²) in [6, 6.07) is 1.82. The van der Waals surface area contributed by atoms with Crippen molar-refractivity contribution in [3.05, 3.63) is 17.0 Å². The second-order valence-electron chi connectivity index (χ2n) is 5.13. The molecule has 0 N–H and O–H groups in total. The number of hydrogen-bond acceptors (Lipinski definition) is 5. The van der Waals surface area contributed by atoms with Crippen LogP contribution >= 0.6 is 11.6 Å². The highest BCUT2D eigenvalue weighted by molar-refractivity contribution is 6.29. The van der Waals surface area contributed by atoms with Crippen LogP contribution in [0, 0.1) is 0 Å². The molecule has 19 heavy (non-hydrogen) atoms. The van der Waals surface area contributed by atoms with Crippen molar-refractivity contribution in [3.8, 4) is 0 Å². The highest BCUT2D eigenvalue weighted by Gasteiger charge is 2.35. The van der Waals surface area contributed by atoms with E-state index in [-0.39, 0.29) is 12.2 Å². The van der Waals surface area contributed by atoms with Crippen LogP contribution in [-0.4, -0.2) is 49.5 Å². The maximum Gasteiger partial charge on any atom is 0.135 e. The average molecular weight is 284 g/mol. The Labute approximate surface area is 117 Å². The predicted molar refractivity (Wildman–Crippen MR) is 72.8 cm³/mol. The molecule has 2 aliphatic rings. The van der Waals surface area contributed by atoms with Crippen molar-refractivity contribution < 1.29 is 9.47 Å². The summed E-state index contributed by atoms with van der Waals surface area (Å²) in [6.07, 6.45) is 2.48. The van der Waals surface area contributed by atoms with Gasteiger partial charge in [-0.25, -0.2) is 9.97 Å². The summed E-state index contributed by atoms with van der Waals surface area (Å²) < 4.78 is 10.9. The Morgan fingerprint density at radius 2 is 1.79 bits per heavy atom. The number of hydrogen-bond donors (Lipinski definition) is 0. The molecule has 3 rings (SSSR count). The zero-order valence-corrected chi connectivity index (χ0v) is 11.9. The van der Waals surface area contributed by atoms with Crippen molar-refractivity contribution in [1.82, 2.24) is 9.97 Å². The number of anilines is 1. The van der Waals surface area contributed by atoms with Gasteiger partial charge in [-0.05, 0) is 12.8 Å². The van der Waals surface area contributed by atoms with Crippen LogP contribution in [0.25, 0.3) is 0 Å². The molecule has 6 heteroatoms. The van der Waals surface area contributed by atoms with Gasteiger partial charge in [0.2, 0.25) is 0 Å². The van der Waals surface area contributed by atoms with Crippen molar-refractivity contribution in [1.29, 1.82) is 0 Å². The fourth-order valence-corrected chi connectivity index (χ4v) is 2.68. The van der Waals surface area contributed by atoms with Gasteiger partial charge in [0.05, 0.1) is 0 Å². The monoisotopic (exact) mass is 283 g/mol. The lowest BCUT2D eigenvalue weighted by molar-refractivity contribution is -0.00461. The van der Waals surface area contributed by atoms with Crippen molar-refractivity contribution in [2.24, 2.45) is 0 Å². The minimum atomic E-state index is 0.0723. The summed E-state index contributed by atoms with van der Waals surface area (Å²) in [5.74, 6) is 2.25. The van der Waals surface area contributed by atoms with Crippen molar-refractivity contribution in [2.45, 2.75) is 31.0 Å². The molecule has 1 aromatic heterocycles. The number of methoxy groups -OCH3 is 2. The van der Waals surface area contributed by atoms with Crippen LogP contribution in [0.5, 0.6) is 0 Å². The van der Waals surface area contributed by atoms with Gasteiger partial charge in [0.25, 0.3) is 0 Å². The van der Waals surface area contributed by atoms with Gasteiger partial charge < -0.3 is 14.4 Å². The van der Waals surface area contributed by atoms with Gasteiger partial charge in [-0.1, -0.05) is 11.6 Å². The molecule has 0 spiro atoms. The van der Waals surface area contributed by atoms with Gasteiger partial charge in [0.15, 0.2) is 0 Å². The third-order valence-electron chi connectivity index (χ3n) is 3.79. The first kappa shape index (κ1) is 13.1. The lowest BCUT2D eigenvalue weighted by Crippen LogP contribution is -2.27. The minimum Gasteiger partial charge on any atom is -0.377 e. The van der Waals surface area contributed by atoms with Gasteiger partial charge in [-0.3, -0.25) is 0 Å². The Hall–Kier alpha value is -0.910. The Kier molecular flexibility index (Phi) is 3.60. The lowest BCUT2D eigenvalue weighted by atomic mass is 10.3. The van der Waals surface area contributed by atoms with E-state index >= 15 is 0 Å². The zero-order chi connectivity index (χ0) is 13.4. The van der Waals surface area contributed by atoms with Crippen molar-refractivity contribution in [2.75, 3.05) is 32.2 Å². The lowest BCUT2D eigenvalue weighted by Gasteiger charge is -2.17. The Morgan fingerprint density at radius 3 is 2.32 bits per heavy atom. The molecule has 0 amide bonds. The second-order valence-corrected chi connectivity index (χ2v) is 5.52. The Bertz CT molecular complexity index is 455. The van der Waals surface area contributed by atoms with E-state index in [9.17, 15) is 0 Å². The van der Waals surface area contributed by atoms with E-state index in [0.717, 1.165) is 24.7 Å². The first-order valence-electron chi connectivity index (χ1n) is 6.56. The fraction of sp³-hybridized carbons (Fsp3) is 0.692. The summed E-state index contributed by atoms with van der Waals surface area (Å²) >= 11 is 6.10. The molecule has 0 aromatic carbocycles. The van der Waals surface area contributed by atoms with Crippen molar-refractivity contribution in [3.63, 3.8) is 0 Å². The maximum atomic E-state index is 6.10. The number of nitrogens with zero attached hydrogens (tertiary/aromatic N) is 3. The Morgan fingerprint density at radius 1 is 1.16 bits per heavy atom. The second kappa shape index (κ2) is 5.23. The number of aromatic nitrogens is 2. The first-order chi connectivity index (χ1) is 9.21. The standard InChI is InChI=1S/C13H18ClN3O2/c1-18-9-6-17(7-10(9)19-2)12-5-11(14)15-13(16-12)8-3-4-8/h5,8-10H,3-4,6-7H2,1-2H3. The van der Waals surface area contributed by atoms with Crippen LogP contribution < -0.4 is 4.90 Å². The van der Waals surface area contributed by atoms with Gasteiger partial charge in [-0.2, -0.15) is 0 Å². The molecule has 1 saturated heterocycles. The maximum absolute atomic E-state index is 6.10. The summed E-state index contributed by atoms with van der Waals surface area (Å²) in [5, 5.41) is 0.515. The van der Waals surface area contributed by atoms with Gasteiger partial charge in [-0.15, -0.1) is 0 Å². The molecule has 0 radical (unpaired) electrons. The quantitative estimate of drug-likeness (QED) is 0.790. The van der Waals surface area contributed by atoms with E-state index in [0.29, 0.717) is 11.1 Å². The molecule has 2 atom stereocenters. The molecule has 2 unspecified atom stereocenters. The zero-order valence-electron chi connectivity index (χ0n) is 11.2. The van der Waals surface area contributed by atoms with Crippen LogP contribution in [0.4, 0.5) is 5.82 Å². The van der Waals surface area contributed by atoms with Gasteiger partial charge in [0, 0.05) is 39.3 Å².